The number of nitrogens with one attached hydrogen (secondary N) is 2. The highest BCUT2D eigenvalue weighted by Gasteiger charge is 2.48. The molecule has 18 heavy (non-hydrogen) atoms. The van der Waals surface area contributed by atoms with Crippen LogP contribution in [0.1, 0.15) is 52.4 Å². The van der Waals surface area contributed by atoms with Gasteiger partial charge in [0.1, 0.15) is 0 Å². The summed E-state index contributed by atoms with van der Waals surface area (Å²) in [6, 6.07) is 0. The number of carbonyl (C=O) groups is 1. The number of carbonyl (C=O) groups excluding carboxylic acids is 1. The van der Waals surface area contributed by atoms with Gasteiger partial charge in [-0.2, -0.15) is 0 Å². The van der Waals surface area contributed by atoms with Crippen LogP contribution in [0.2, 0.25) is 0 Å². The topological polar surface area (TPSA) is 41.1 Å². The van der Waals surface area contributed by atoms with Crippen molar-refractivity contribution >= 4 is 18.3 Å². The summed E-state index contributed by atoms with van der Waals surface area (Å²) in [6.07, 6.45) is 6.83. The van der Waals surface area contributed by atoms with Crippen LogP contribution in [0.3, 0.4) is 0 Å². The number of amides is 1. The quantitative estimate of drug-likeness (QED) is 0.809. The van der Waals surface area contributed by atoms with E-state index in [0.29, 0.717) is 5.91 Å². The first kappa shape index (κ1) is 15.8. The molecular formula is C14H27ClN2O. The molecule has 2 aliphatic rings. The maximum absolute atomic E-state index is 12.2. The highest BCUT2D eigenvalue weighted by atomic mass is 35.5. The van der Waals surface area contributed by atoms with Crippen LogP contribution in [0.4, 0.5) is 0 Å². The Balaban J connectivity index is 0.00000162. The predicted molar refractivity (Wildman–Crippen MR) is 77.0 cm³/mol. The minimum Gasteiger partial charge on any atom is -0.355 e. The van der Waals surface area contributed by atoms with Crippen molar-refractivity contribution in [3.8, 4) is 0 Å². The van der Waals surface area contributed by atoms with Crippen LogP contribution in [-0.2, 0) is 4.79 Å². The molecule has 1 amide bonds. The molecule has 0 radical (unpaired) electrons. The molecule has 1 saturated carbocycles. The van der Waals surface area contributed by atoms with E-state index in [1.54, 1.807) is 0 Å². The van der Waals surface area contributed by atoms with Crippen molar-refractivity contribution in [2.75, 3.05) is 19.6 Å². The van der Waals surface area contributed by atoms with Gasteiger partial charge in [-0.15, -0.1) is 12.4 Å². The van der Waals surface area contributed by atoms with Gasteiger partial charge >= 0.3 is 0 Å². The van der Waals surface area contributed by atoms with Gasteiger partial charge in [0.2, 0.25) is 5.91 Å². The Morgan fingerprint density at radius 1 is 1.33 bits per heavy atom. The largest absolute Gasteiger partial charge is 0.355 e. The SMILES string of the molecule is CCCC1(C(=O)NCC2(C)CCCNC2)CC1.Cl. The average molecular weight is 275 g/mol. The molecule has 0 aromatic rings. The first-order chi connectivity index (χ1) is 8.10. The molecule has 1 unspecified atom stereocenters. The third-order valence-corrected chi connectivity index (χ3v) is 4.43. The molecule has 0 aromatic carbocycles. The van der Waals surface area contributed by atoms with Gasteiger partial charge in [-0.3, -0.25) is 4.79 Å². The molecular weight excluding hydrogens is 248 g/mol. The van der Waals surface area contributed by atoms with E-state index in [-0.39, 0.29) is 23.2 Å². The molecule has 1 heterocycles. The maximum atomic E-state index is 12.2. The minimum atomic E-state index is 0. The molecule has 1 saturated heterocycles. The van der Waals surface area contributed by atoms with E-state index >= 15 is 0 Å². The summed E-state index contributed by atoms with van der Waals surface area (Å²) in [4.78, 5) is 12.2. The van der Waals surface area contributed by atoms with Crippen LogP contribution in [0.5, 0.6) is 0 Å². The van der Waals surface area contributed by atoms with Gasteiger partial charge in [-0.25, -0.2) is 0 Å². The minimum absolute atomic E-state index is 0. The molecule has 2 fully saturated rings. The van der Waals surface area contributed by atoms with Gasteiger partial charge in [0, 0.05) is 18.5 Å². The number of piperidine rings is 1. The molecule has 0 spiro atoms. The zero-order valence-corrected chi connectivity index (χ0v) is 12.5. The summed E-state index contributed by atoms with van der Waals surface area (Å²) in [5.74, 6) is 0.311. The van der Waals surface area contributed by atoms with Gasteiger partial charge < -0.3 is 10.6 Å². The van der Waals surface area contributed by atoms with Gasteiger partial charge in [0.15, 0.2) is 0 Å². The Kier molecular flexibility index (Phi) is 5.47. The first-order valence-corrected chi connectivity index (χ1v) is 7.09. The van der Waals surface area contributed by atoms with E-state index in [1.165, 1.54) is 12.8 Å². The third kappa shape index (κ3) is 3.61. The van der Waals surface area contributed by atoms with E-state index < -0.39 is 0 Å². The fourth-order valence-corrected chi connectivity index (χ4v) is 2.97. The van der Waals surface area contributed by atoms with Crippen LogP contribution in [0.15, 0.2) is 0 Å². The standard InChI is InChI=1S/C14H26N2O.ClH/c1-3-5-14(7-8-14)12(17)16-11-13(2)6-4-9-15-10-13;/h15H,3-11H2,1-2H3,(H,16,17);1H. The Hall–Kier alpha value is -0.280. The molecule has 4 heteroatoms. The maximum Gasteiger partial charge on any atom is 0.226 e. The molecule has 2 rings (SSSR count). The molecule has 1 aliphatic heterocycles. The Bertz CT molecular complexity index is 284. The van der Waals surface area contributed by atoms with E-state index in [2.05, 4.69) is 24.5 Å². The van der Waals surface area contributed by atoms with E-state index in [1.807, 2.05) is 0 Å². The Morgan fingerprint density at radius 3 is 2.56 bits per heavy atom. The van der Waals surface area contributed by atoms with Crippen molar-refractivity contribution in [2.45, 2.75) is 52.4 Å². The fourth-order valence-electron chi connectivity index (χ4n) is 2.97. The molecule has 1 atom stereocenters. The summed E-state index contributed by atoms with van der Waals surface area (Å²) in [5.41, 5.74) is 0.281. The van der Waals surface area contributed by atoms with Crippen LogP contribution < -0.4 is 10.6 Å². The Morgan fingerprint density at radius 2 is 2.06 bits per heavy atom. The molecule has 1 aliphatic carbocycles. The summed E-state index contributed by atoms with van der Waals surface area (Å²) in [7, 11) is 0. The Labute approximate surface area is 117 Å². The second-order valence-corrected chi connectivity index (χ2v) is 6.30. The highest BCUT2D eigenvalue weighted by molar-refractivity contribution is 5.85. The van der Waals surface area contributed by atoms with Crippen LogP contribution >= 0.6 is 12.4 Å². The summed E-state index contributed by atoms with van der Waals surface area (Å²) in [6.45, 7) is 7.44. The lowest BCUT2D eigenvalue weighted by molar-refractivity contribution is -0.127. The number of rotatable bonds is 5. The lowest BCUT2D eigenvalue weighted by Crippen LogP contribution is -2.47. The molecule has 0 bridgehead atoms. The molecule has 106 valence electrons. The van der Waals surface area contributed by atoms with Crippen molar-refractivity contribution in [3.63, 3.8) is 0 Å². The molecule has 3 nitrogen and oxygen atoms in total. The van der Waals surface area contributed by atoms with Gasteiger partial charge in [-0.05, 0) is 44.1 Å². The second kappa shape index (κ2) is 6.25. The summed E-state index contributed by atoms with van der Waals surface area (Å²) < 4.78 is 0. The van der Waals surface area contributed by atoms with E-state index in [9.17, 15) is 4.79 Å². The lowest BCUT2D eigenvalue weighted by atomic mass is 9.82. The monoisotopic (exact) mass is 274 g/mol. The number of halogens is 1. The van der Waals surface area contributed by atoms with Crippen molar-refractivity contribution in [1.82, 2.24) is 10.6 Å². The van der Waals surface area contributed by atoms with Crippen molar-refractivity contribution < 1.29 is 4.79 Å². The predicted octanol–water partition coefficient (Wildman–Crippen LogP) is 2.49. The van der Waals surface area contributed by atoms with Crippen molar-refractivity contribution in [3.05, 3.63) is 0 Å². The number of hydrogen-bond donors (Lipinski definition) is 2. The van der Waals surface area contributed by atoms with Crippen LogP contribution in [0, 0.1) is 10.8 Å². The fraction of sp³-hybridized carbons (Fsp3) is 0.929. The number of hydrogen-bond acceptors (Lipinski definition) is 2. The van der Waals surface area contributed by atoms with Gasteiger partial charge in [0.05, 0.1) is 0 Å². The molecule has 2 N–H and O–H groups in total. The average Bonchev–Trinajstić information content (AvgIpc) is 3.09. The zero-order valence-electron chi connectivity index (χ0n) is 11.7. The van der Waals surface area contributed by atoms with Crippen molar-refractivity contribution in [1.29, 1.82) is 0 Å². The van der Waals surface area contributed by atoms with E-state index in [4.69, 9.17) is 0 Å². The highest BCUT2D eigenvalue weighted by Crippen LogP contribution is 2.49. The van der Waals surface area contributed by atoms with Gasteiger partial charge in [-0.1, -0.05) is 20.3 Å². The lowest BCUT2D eigenvalue weighted by Gasteiger charge is -2.34. The second-order valence-electron chi connectivity index (χ2n) is 6.30. The van der Waals surface area contributed by atoms with Crippen molar-refractivity contribution in [2.24, 2.45) is 10.8 Å². The smallest absolute Gasteiger partial charge is 0.226 e. The van der Waals surface area contributed by atoms with E-state index in [0.717, 1.165) is 45.3 Å². The summed E-state index contributed by atoms with van der Waals surface area (Å²) in [5, 5.41) is 6.63. The first-order valence-electron chi connectivity index (χ1n) is 7.09. The van der Waals surface area contributed by atoms with Gasteiger partial charge in [0.25, 0.3) is 0 Å². The third-order valence-electron chi connectivity index (χ3n) is 4.43. The molecule has 0 aromatic heterocycles. The summed E-state index contributed by atoms with van der Waals surface area (Å²) >= 11 is 0. The van der Waals surface area contributed by atoms with Crippen LogP contribution in [0.25, 0.3) is 0 Å². The zero-order chi connectivity index (χ0) is 12.4. The normalized spacial score (nSPS) is 29.2. The van der Waals surface area contributed by atoms with Crippen LogP contribution in [-0.4, -0.2) is 25.5 Å².